The number of para-hydroxylation sites is 1. The van der Waals surface area contributed by atoms with Crippen LogP contribution in [0.5, 0.6) is 11.5 Å². The maximum absolute atomic E-state index is 6.11. The predicted octanol–water partition coefficient (Wildman–Crippen LogP) is 4.65. The van der Waals surface area contributed by atoms with Crippen molar-refractivity contribution in [3.05, 3.63) is 45.9 Å². The predicted molar refractivity (Wildman–Crippen MR) is 92.4 cm³/mol. The maximum atomic E-state index is 6.11. The number of rotatable bonds is 5. The summed E-state index contributed by atoms with van der Waals surface area (Å²) in [5.74, 6) is 2.39. The van der Waals surface area contributed by atoms with Crippen molar-refractivity contribution in [2.75, 3.05) is 20.0 Å². The van der Waals surface area contributed by atoms with E-state index in [0.29, 0.717) is 0 Å². The van der Waals surface area contributed by atoms with Crippen molar-refractivity contribution in [1.29, 1.82) is 0 Å². The van der Waals surface area contributed by atoms with Gasteiger partial charge in [0.25, 0.3) is 0 Å². The fraction of sp³-hybridized carbons (Fsp3) is 0.250. The Balaban J connectivity index is 2.25. The van der Waals surface area contributed by atoms with Crippen LogP contribution in [0.2, 0.25) is 0 Å². The van der Waals surface area contributed by atoms with Gasteiger partial charge >= 0.3 is 0 Å². The number of anilines is 1. The third-order valence-corrected chi connectivity index (χ3v) is 4.96. The van der Waals surface area contributed by atoms with Crippen LogP contribution in [0.4, 0.5) is 5.69 Å². The molecular formula is C16H18BrNO2S. The standard InChI is InChI=1S/C16H18BrNO2S/c1-10-5-4-6-15(16(10)18)21-9-11-7-14(20-3)12(17)8-13(11)19-2/h4-8H,9,18H2,1-3H3. The first-order valence-corrected chi connectivity index (χ1v) is 8.23. The first kappa shape index (κ1) is 16.0. The van der Waals surface area contributed by atoms with Gasteiger partial charge in [-0.25, -0.2) is 0 Å². The number of nitrogen functional groups attached to an aromatic ring is 1. The quantitative estimate of drug-likeness (QED) is 0.616. The summed E-state index contributed by atoms with van der Waals surface area (Å²) in [7, 11) is 3.32. The minimum Gasteiger partial charge on any atom is -0.496 e. The average Bonchev–Trinajstić information content (AvgIpc) is 2.49. The minimum atomic E-state index is 0.764. The lowest BCUT2D eigenvalue weighted by atomic mass is 10.2. The molecule has 0 saturated heterocycles. The Morgan fingerprint density at radius 2 is 1.86 bits per heavy atom. The molecule has 2 N–H and O–H groups in total. The highest BCUT2D eigenvalue weighted by Crippen LogP contribution is 2.37. The zero-order valence-electron chi connectivity index (χ0n) is 12.3. The van der Waals surface area contributed by atoms with E-state index < -0.39 is 0 Å². The highest BCUT2D eigenvalue weighted by atomic mass is 79.9. The molecular weight excluding hydrogens is 350 g/mol. The van der Waals surface area contributed by atoms with E-state index in [9.17, 15) is 0 Å². The molecule has 2 rings (SSSR count). The molecule has 0 aliphatic rings. The lowest BCUT2D eigenvalue weighted by Gasteiger charge is -2.13. The van der Waals surface area contributed by atoms with Gasteiger partial charge in [0.1, 0.15) is 11.5 Å². The third-order valence-electron chi connectivity index (χ3n) is 3.22. The zero-order valence-corrected chi connectivity index (χ0v) is 14.7. The highest BCUT2D eigenvalue weighted by Gasteiger charge is 2.11. The van der Waals surface area contributed by atoms with Gasteiger partial charge in [-0.2, -0.15) is 0 Å². The van der Waals surface area contributed by atoms with E-state index in [2.05, 4.69) is 15.9 Å². The average molecular weight is 368 g/mol. The van der Waals surface area contributed by atoms with Gasteiger partial charge in [0.15, 0.2) is 0 Å². The Morgan fingerprint density at radius 1 is 1.14 bits per heavy atom. The Bertz CT molecular complexity index is 646. The minimum absolute atomic E-state index is 0.764. The summed E-state index contributed by atoms with van der Waals surface area (Å²) >= 11 is 5.16. The summed E-state index contributed by atoms with van der Waals surface area (Å²) in [6.07, 6.45) is 0. The molecule has 0 bridgehead atoms. The molecule has 0 aliphatic carbocycles. The fourth-order valence-electron chi connectivity index (χ4n) is 1.97. The normalized spacial score (nSPS) is 10.5. The van der Waals surface area contributed by atoms with Gasteiger partial charge in [-0.3, -0.25) is 0 Å². The monoisotopic (exact) mass is 367 g/mol. The summed E-state index contributed by atoms with van der Waals surface area (Å²) in [6, 6.07) is 9.99. The number of hydrogen-bond donors (Lipinski definition) is 1. The number of halogens is 1. The van der Waals surface area contributed by atoms with Crippen molar-refractivity contribution >= 4 is 33.4 Å². The zero-order chi connectivity index (χ0) is 15.4. The molecule has 0 saturated carbocycles. The van der Waals surface area contributed by atoms with E-state index in [-0.39, 0.29) is 0 Å². The lowest BCUT2D eigenvalue weighted by molar-refractivity contribution is 0.398. The number of nitrogens with two attached hydrogens (primary N) is 1. The second kappa shape index (κ2) is 7.09. The van der Waals surface area contributed by atoms with Crippen molar-refractivity contribution in [3.63, 3.8) is 0 Å². The van der Waals surface area contributed by atoms with Crippen molar-refractivity contribution in [1.82, 2.24) is 0 Å². The first-order chi connectivity index (χ1) is 10.1. The molecule has 112 valence electrons. The van der Waals surface area contributed by atoms with Crippen molar-refractivity contribution in [2.24, 2.45) is 0 Å². The second-order valence-corrected chi connectivity index (χ2v) is 6.45. The Kier molecular flexibility index (Phi) is 5.42. The van der Waals surface area contributed by atoms with Crippen LogP contribution in [-0.4, -0.2) is 14.2 Å². The lowest BCUT2D eigenvalue weighted by Crippen LogP contribution is -1.95. The van der Waals surface area contributed by atoms with Gasteiger partial charge in [-0.15, -0.1) is 11.8 Å². The molecule has 5 heteroatoms. The molecule has 0 aromatic heterocycles. The molecule has 0 aliphatic heterocycles. The first-order valence-electron chi connectivity index (χ1n) is 6.45. The fourth-order valence-corrected chi connectivity index (χ4v) is 3.48. The van der Waals surface area contributed by atoms with E-state index in [0.717, 1.165) is 43.4 Å². The van der Waals surface area contributed by atoms with Crippen LogP contribution in [0.15, 0.2) is 39.7 Å². The molecule has 0 atom stereocenters. The van der Waals surface area contributed by atoms with Crippen LogP contribution in [0.25, 0.3) is 0 Å². The van der Waals surface area contributed by atoms with Gasteiger partial charge in [-0.1, -0.05) is 12.1 Å². The van der Waals surface area contributed by atoms with E-state index in [1.807, 2.05) is 37.3 Å². The van der Waals surface area contributed by atoms with Crippen LogP contribution >= 0.6 is 27.7 Å². The smallest absolute Gasteiger partial charge is 0.133 e. The molecule has 0 fully saturated rings. The van der Waals surface area contributed by atoms with E-state index in [1.165, 1.54) is 0 Å². The topological polar surface area (TPSA) is 44.5 Å². The summed E-state index contributed by atoms with van der Waals surface area (Å²) in [4.78, 5) is 1.08. The third kappa shape index (κ3) is 3.66. The molecule has 0 heterocycles. The number of ether oxygens (including phenoxy) is 2. The van der Waals surface area contributed by atoms with Crippen molar-refractivity contribution in [2.45, 2.75) is 17.6 Å². The van der Waals surface area contributed by atoms with Gasteiger partial charge in [0.05, 0.1) is 18.7 Å². The number of benzene rings is 2. The Morgan fingerprint density at radius 3 is 2.52 bits per heavy atom. The second-order valence-electron chi connectivity index (χ2n) is 4.57. The largest absolute Gasteiger partial charge is 0.496 e. The molecule has 2 aromatic rings. The Hall–Kier alpha value is -1.33. The van der Waals surface area contributed by atoms with Crippen LogP contribution in [0, 0.1) is 6.92 Å². The Labute approximate surface area is 138 Å². The summed E-state index contributed by atoms with van der Waals surface area (Å²) in [5, 5.41) is 0. The van der Waals surface area contributed by atoms with Gasteiger partial charge in [0, 0.05) is 21.9 Å². The van der Waals surface area contributed by atoms with Gasteiger partial charge < -0.3 is 15.2 Å². The highest BCUT2D eigenvalue weighted by molar-refractivity contribution is 9.10. The molecule has 21 heavy (non-hydrogen) atoms. The number of hydrogen-bond acceptors (Lipinski definition) is 4. The van der Waals surface area contributed by atoms with Crippen molar-refractivity contribution in [3.8, 4) is 11.5 Å². The molecule has 0 spiro atoms. The van der Waals surface area contributed by atoms with Crippen LogP contribution in [0.3, 0.4) is 0 Å². The number of methoxy groups -OCH3 is 2. The van der Waals surface area contributed by atoms with E-state index >= 15 is 0 Å². The van der Waals surface area contributed by atoms with Gasteiger partial charge in [0.2, 0.25) is 0 Å². The molecule has 3 nitrogen and oxygen atoms in total. The maximum Gasteiger partial charge on any atom is 0.133 e. The summed E-state index contributed by atoms with van der Waals surface area (Å²) in [6.45, 7) is 2.02. The molecule has 2 aromatic carbocycles. The van der Waals surface area contributed by atoms with Gasteiger partial charge in [-0.05, 0) is 46.6 Å². The molecule has 0 unspecified atom stereocenters. The van der Waals surface area contributed by atoms with Crippen LogP contribution < -0.4 is 15.2 Å². The summed E-state index contributed by atoms with van der Waals surface area (Å²) in [5.41, 5.74) is 9.12. The number of aryl methyl sites for hydroxylation is 1. The summed E-state index contributed by atoms with van der Waals surface area (Å²) < 4.78 is 11.7. The SMILES string of the molecule is COc1cc(CSc2cccc(C)c2N)c(OC)cc1Br. The molecule has 0 amide bonds. The van der Waals surface area contributed by atoms with Crippen molar-refractivity contribution < 1.29 is 9.47 Å². The molecule has 0 radical (unpaired) electrons. The van der Waals surface area contributed by atoms with Crippen LogP contribution in [-0.2, 0) is 5.75 Å². The number of thioether (sulfide) groups is 1. The van der Waals surface area contributed by atoms with E-state index in [4.69, 9.17) is 15.2 Å². The van der Waals surface area contributed by atoms with Crippen LogP contribution in [0.1, 0.15) is 11.1 Å². The van der Waals surface area contributed by atoms with E-state index in [1.54, 1.807) is 26.0 Å².